The zero-order valence-corrected chi connectivity index (χ0v) is 20.3. The third kappa shape index (κ3) is 6.68. The van der Waals surface area contributed by atoms with Crippen LogP contribution < -0.4 is 4.74 Å². The highest BCUT2D eigenvalue weighted by molar-refractivity contribution is 5.49. The van der Waals surface area contributed by atoms with E-state index < -0.39 is 23.8 Å². The summed E-state index contributed by atoms with van der Waals surface area (Å²) in [5.41, 5.74) is 2.44. The minimum atomic E-state index is -4.78. The maximum absolute atomic E-state index is 15.2. The highest BCUT2D eigenvalue weighted by Crippen LogP contribution is 2.37. The quantitative estimate of drug-likeness (QED) is 0.182. The Hall–Kier alpha value is -3.40. The predicted octanol–water partition coefficient (Wildman–Crippen LogP) is 8.41. The highest BCUT2D eigenvalue weighted by atomic mass is 19.4. The van der Waals surface area contributed by atoms with E-state index in [0.717, 1.165) is 31.4 Å². The lowest BCUT2D eigenvalue weighted by Gasteiger charge is -2.26. The van der Waals surface area contributed by atoms with Crippen LogP contribution in [0.4, 0.5) is 26.3 Å². The van der Waals surface area contributed by atoms with Crippen molar-refractivity contribution in [1.29, 1.82) is 0 Å². The van der Waals surface area contributed by atoms with Gasteiger partial charge in [-0.25, -0.2) is 13.2 Å². The Kier molecular flexibility index (Phi) is 8.16. The molecule has 0 heterocycles. The first-order chi connectivity index (χ1) is 17.6. The van der Waals surface area contributed by atoms with Gasteiger partial charge in [0.25, 0.3) is 0 Å². The second kappa shape index (κ2) is 11.3. The molecule has 3 aromatic carbocycles. The minimum absolute atomic E-state index is 0.0621. The summed E-state index contributed by atoms with van der Waals surface area (Å²) in [6, 6.07) is 11.1. The number of ether oxygens (including phenoxy) is 1. The van der Waals surface area contributed by atoms with Gasteiger partial charge >= 0.3 is 6.36 Å². The van der Waals surface area contributed by atoms with Crippen molar-refractivity contribution in [3.63, 3.8) is 0 Å². The summed E-state index contributed by atoms with van der Waals surface area (Å²) >= 11 is 0. The molecule has 194 valence electrons. The Morgan fingerprint density at radius 2 is 1.62 bits per heavy atom. The van der Waals surface area contributed by atoms with Gasteiger partial charge in [-0.1, -0.05) is 37.7 Å². The van der Waals surface area contributed by atoms with E-state index in [1.54, 1.807) is 6.07 Å². The number of rotatable bonds is 6. The lowest BCUT2D eigenvalue weighted by Crippen LogP contribution is -2.17. The van der Waals surface area contributed by atoms with Crippen molar-refractivity contribution in [1.82, 2.24) is 0 Å². The number of halogens is 6. The molecule has 0 saturated carbocycles. The average Bonchev–Trinajstić information content (AvgIpc) is 2.83. The molecule has 0 N–H and O–H groups in total. The molecule has 0 fully saturated rings. The Morgan fingerprint density at radius 3 is 2.27 bits per heavy atom. The monoisotopic (exact) mass is 516 g/mol. The Balaban J connectivity index is 1.49. The van der Waals surface area contributed by atoms with E-state index in [1.165, 1.54) is 30.3 Å². The standard InChI is InChI=1S/C30H26F6O/c1-2-3-4-5-20-16-26(31)28(27(32)17-20)23-12-15-25-22(18-23)11-10-21(29(25)33)9-6-19-7-13-24(14-8-19)37-30(34,35)36/h7-8,10-11,13-14,16-17,23H,2-5,12,15,18H2,1H3. The molecule has 1 unspecified atom stereocenters. The summed E-state index contributed by atoms with van der Waals surface area (Å²) < 4.78 is 85.7. The van der Waals surface area contributed by atoms with Crippen molar-refractivity contribution in [2.45, 2.75) is 64.1 Å². The van der Waals surface area contributed by atoms with Crippen molar-refractivity contribution in [2.75, 3.05) is 0 Å². The van der Waals surface area contributed by atoms with Gasteiger partial charge in [0.2, 0.25) is 0 Å². The normalized spacial score (nSPS) is 15.1. The molecule has 0 amide bonds. The fraction of sp³-hybridized carbons (Fsp3) is 0.333. The Labute approximate surface area is 212 Å². The van der Waals surface area contributed by atoms with Crippen LogP contribution in [0.2, 0.25) is 0 Å². The van der Waals surface area contributed by atoms with Crippen LogP contribution in [0.3, 0.4) is 0 Å². The largest absolute Gasteiger partial charge is 0.573 e. The van der Waals surface area contributed by atoms with E-state index in [9.17, 15) is 22.0 Å². The molecular formula is C30H26F6O. The van der Waals surface area contributed by atoms with Crippen LogP contribution in [0, 0.1) is 29.3 Å². The van der Waals surface area contributed by atoms with E-state index in [0.29, 0.717) is 47.9 Å². The molecular weight excluding hydrogens is 490 g/mol. The van der Waals surface area contributed by atoms with E-state index in [-0.39, 0.29) is 22.8 Å². The van der Waals surface area contributed by atoms with Gasteiger partial charge in [-0.15, -0.1) is 13.2 Å². The van der Waals surface area contributed by atoms with Gasteiger partial charge in [0.15, 0.2) is 0 Å². The molecule has 0 aliphatic heterocycles. The maximum Gasteiger partial charge on any atom is 0.573 e. The molecule has 0 bridgehead atoms. The van der Waals surface area contributed by atoms with Gasteiger partial charge in [-0.2, -0.15) is 0 Å². The smallest absolute Gasteiger partial charge is 0.406 e. The van der Waals surface area contributed by atoms with Crippen LogP contribution in [-0.4, -0.2) is 6.36 Å². The summed E-state index contributed by atoms with van der Waals surface area (Å²) in [4.78, 5) is 0. The lowest BCUT2D eigenvalue weighted by molar-refractivity contribution is -0.274. The summed E-state index contributed by atoms with van der Waals surface area (Å²) in [6.07, 6.45) is -0.179. The third-order valence-electron chi connectivity index (χ3n) is 6.59. The Morgan fingerprint density at radius 1 is 0.919 bits per heavy atom. The van der Waals surface area contributed by atoms with Gasteiger partial charge in [0, 0.05) is 11.1 Å². The minimum Gasteiger partial charge on any atom is -0.406 e. The van der Waals surface area contributed by atoms with E-state index in [2.05, 4.69) is 23.5 Å². The maximum atomic E-state index is 15.2. The van der Waals surface area contributed by atoms with Gasteiger partial charge in [0.05, 0.1) is 5.56 Å². The number of hydrogen-bond donors (Lipinski definition) is 0. The summed E-state index contributed by atoms with van der Waals surface area (Å²) in [7, 11) is 0. The summed E-state index contributed by atoms with van der Waals surface area (Å²) in [6.45, 7) is 2.07. The highest BCUT2D eigenvalue weighted by Gasteiger charge is 2.31. The van der Waals surface area contributed by atoms with Gasteiger partial charge in [0.1, 0.15) is 23.2 Å². The first-order valence-corrected chi connectivity index (χ1v) is 12.3. The van der Waals surface area contributed by atoms with Gasteiger partial charge in [-0.05, 0) is 97.2 Å². The second-order valence-corrected chi connectivity index (χ2v) is 9.26. The van der Waals surface area contributed by atoms with Crippen LogP contribution in [0.5, 0.6) is 5.75 Å². The van der Waals surface area contributed by atoms with Crippen molar-refractivity contribution in [3.8, 4) is 17.6 Å². The molecule has 0 radical (unpaired) electrons. The van der Waals surface area contributed by atoms with E-state index in [4.69, 9.17) is 0 Å². The van der Waals surface area contributed by atoms with Crippen molar-refractivity contribution in [3.05, 3.63) is 99.4 Å². The third-order valence-corrected chi connectivity index (χ3v) is 6.59. The summed E-state index contributed by atoms with van der Waals surface area (Å²) in [5.74, 6) is 3.15. The molecule has 0 spiro atoms. The molecule has 1 atom stereocenters. The van der Waals surface area contributed by atoms with Crippen LogP contribution in [0.15, 0.2) is 48.5 Å². The fourth-order valence-electron chi connectivity index (χ4n) is 4.78. The number of fused-ring (bicyclic) bond motifs is 1. The number of hydrogen-bond acceptors (Lipinski definition) is 1. The van der Waals surface area contributed by atoms with Crippen LogP contribution >= 0.6 is 0 Å². The first-order valence-electron chi connectivity index (χ1n) is 12.3. The van der Waals surface area contributed by atoms with Crippen molar-refractivity contribution >= 4 is 0 Å². The second-order valence-electron chi connectivity index (χ2n) is 9.26. The number of alkyl halides is 3. The molecule has 0 saturated heterocycles. The molecule has 4 rings (SSSR count). The number of benzene rings is 3. The molecule has 7 heteroatoms. The van der Waals surface area contributed by atoms with E-state index in [1.807, 2.05) is 0 Å². The molecule has 1 aliphatic carbocycles. The molecule has 0 aromatic heterocycles. The van der Waals surface area contributed by atoms with Gasteiger partial charge < -0.3 is 4.74 Å². The Bertz CT molecular complexity index is 1290. The topological polar surface area (TPSA) is 9.23 Å². The average molecular weight is 517 g/mol. The molecule has 37 heavy (non-hydrogen) atoms. The molecule has 3 aromatic rings. The van der Waals surface area contributed by atoms with E-state index >= 15 is 4.39 Å². The van der Waals surface area contributed by atoms with Crippen LogP contribution in [-0.2, 0) is 19.3 Å². The fourth-order valence-corrected chi connectivity index (χ4v) is 4.78. The SMILES string of the molecule is CCCCCc1cc(F)c(C2CCc3c(ccc(C#Cc4ccc(OC(F)(F)F)cc4)c3F)C2)c(F)c1. The zero-order valence-electron chi connectivity index (χ0n) is 20.3. The van der Waals surface area contributed by atoms with Gasteiger partial charge in [-0.3, -0.25) is 0 Å². The molecule has 1 nitrogen and oxygen atoms in total. The first kappa shape index (κ1) is 26.7. The van der Waals surface area contributed by atoms with Crippen molar-refractivity contribution in [2.24, 2.45) is 0 Å². The van der Waals surface area contributed by atoms with Crippen LogP contribution in [0.1, 0.15) is 71.9 Å². The number of aryl methyl sites for hydroxylation is 1. The predicted molar refractivity (Wildman–Crippen MR) is 130 cm³/mol. The molecule has 1 aliphatic rings. The van der Waals surface area contributed by atoms with Crippen molar-refractivity contribution < 1.29 is 31.1 Å². The zero-order chi connectivity index (χ0) is 26.6. The lowest BCUT2D eigenvalue weighted by atomic mass is 9.78. The number of unbranched alkanes of at least 4 members (excludes halogenated alkanes) is 2. The summed E-state index contributed by atoms with van der Waals surface area (Å²) in [5, 5.41) is 0. The van der Waals surface area contributed by atoms with Crippen LogP contribution in [0.25, 0.3) is 0 Å².